The standard InChI is InChI=1S/C27H24Cl2N2S/c1-3-14-31-15-13-26(24-12-11-22(28)18-25(24)29)30-27(31)16-19-7-9-20(10-8-19)21-5-4-6-23(17-21)32-2/h3-13,17-18H,1,14-16H2,2H3. The molecule has 3 aromatic rings. The molecule has 5 heteroatoms. The number of hydrogen-bond acceptors (Lipinski definition) is 3. The Hall–Kier alpha value is -2.46. The van der Waals surface area contributed by atoms with Crippen LogP contribution in [-0.4, -0.2) is 30.1 Å². The first-order valence-corrected chi connectivity index (χ1v) is 12.4. The van der Waals surface area contributed by atoms with Crippen molar-refractivity contribution in [2.24, 2.45) is 4.99 Å². The van der Waals surface area contributed by atoms with Gasteiger partial charge in [-0.05, 0) is 59.4 Å². The maximum Gasteiger partial charge on any atom is 0.110 e. The second-order valence-electron chi connectivity index (χ2n) is 7.54. The van der Waals surface area contributed by atoms with Crippen molar-refractivity contribution < 1.29 is 0 Å². The van der Waals surface area contributed by atoms with Crippen LogP contribution in [0.4, 0.5) is 0 Å². The highest BCUT2D eigenvalue weighted by molar-refractivity contribution is 7.98. The number of halogens is 2. The molecule has 1 heterocycles. The smallest absolute Gasteiger partial charge is 0.110 e. The number of aliphatic imine (C=N–C) groups is 1. The summed E-state index contributed by atoms with van der Waals surface area (Å²) >= 11 is 14.3. The van der Waals surface area contributed by atoms with E-state index in [1.54, 1.807) is 17.8 Å². The third-order valence-corrected chi connectivity index (χ3v) is 6.67. The van der Waals surface area contributed by atoms with Crippen LogP contribution in [0.15, 0.2) is 95.3 Å². The van der Waals surface area contributed by atoms with Crippen LogP contribution in [0.3, 0.4) is 0 Å². The molecule has 0 bridgehead atoms. The fraction of sp³-hybridized carbons (Fsp3) is 0.148. The number of benzene rings is 3. The number of thioether (sulfide) groups is 1. The van der Waals surface area contributed by atoms with E-state index in [0.717, 1.165) is 36.6 Å². The zero-order valence-electron chi connectivity index (χ0n) is 17.9. The summed E-state index contributed by atoms with van der Waals surface area (Å²) in [6.45, 7) is 5.41. The lowest BCUT2D eigenvalue weighted by atomic mass is 10.0. The topological polar surface area (TPSA) is 15.6 Å². The van der Waals surface area contributed by atoms with Crippen LogP contribution in [0, 0.1) is 0 Å². The maximum absolute atomic E-state index is 6.44. The van der Waals surface area contributed by atoms with Crippen molar-refractivity contribution >= 4 is 46.5 Å². The zero-order valence-corrected chi connectivity index (χ0v) is 20.2. The molecule has 32 heavy (non-hydrogen) atoms. The lowest BCUT2D eigenvalue weighted by molar-refractivity contribution is 0.499. The molecule has 0 fully saturated rings. The molecule has 4 rings (SSSR count). The number of hydrogen-bond donors (Lipinski definition) is 0. The molecule has 1 aliphatic heterocycles. The predicted molar refractivity (Wildman–Crippen MR) is 141 cm³/mol. The van der Waals surface area contributed by atoms with E-state index >= 15 is 0 Å². The highest BCUT2D eigenvalue weighted by atomic mass is 35.5. The third-order valence-electron chi connectivity index (χ3n) is 5.40. The van der Waals surface area contributed by atoms with Gasteiger partial charge >= 0.3 is 0 Å². The van der Waals surface area contributed by atoms with Gasteiger partial charge in [0.1, 0.15) is 5.84 Å². The third kappa shape index (κ3) is 5.29. The Morgan fingerprint density at radius 2 is 1.84 bits per heavy atom. The largest absolute Gasteiger partial charge is 0.352 e. The van der Waals surface area contributed by atoms with Gasteiger partial charge in [-0.3, -0.25) is 0 Å². The molecule has 2 nitrogen and oxygen atoms in total. The quantitative estimate of drug-likeness (QED) is 0.253. The SMILES string of the molecule is C=CCN1CC=C(c2ccc(Cl)cc2Cl)N=C1Cc1ccc(-c2cccc(SC)c2)cc1. The van der Waals surface area contributed by atoms with Crippen molar-refractivity contribution in [3.63, 3.8) is 0 Å². The van der Waals surface area contributed by atoms with Crippen LogP contribution in [0.1, 0.15) is 11.1 Å². The van der Waals surface area contributed by atoms with Crippen molar-refractivity contribution in [1.29, 1.82) is 0 Å². The molecule has 0 N–H and O–H groups in total. The average Bonchev–Trinajstić information content (AvgIpc) is 2.81. The minimum atomic E-state index is 0.612. The summed E-state index contributed by atoms with van der Waals surface area (Å²) in [6.07, 6.45) is 6.85. The fourth-order valence-electron chi connectivity index (χ4n) is 3.71. The summed E-state index contributed by atoms with van der Waals surface area (Å²) in [4.78, 5) is 8.47. The van der Waals surface area contributed by atoms with Crippen LogP contribution in [0.2, 0.25) is 10.0 Å². The average molecular weight is 479 g/mol. The first-order chi connectivity index (χ1) is 15.6. The van der Waals surface area contributed by atoms with Gasteiger partial charge in [0.2, 0.25) is 0 Å². The second-order valence-corrected chi connectivity index (χ2v) is 9.26. The molecule has 0 saturated heterocycles. The van der Waals surface area contributed by atoms with Gasteiger partial charge in [-0.15, -0.1) is 18.3 Å². The van der Waals surface area contributed by atoms with Gasteiger partial charge in [0, 0.05) is 35.0 Å². The first kappa shape index (κ1) is 22.7. The van der Waals surface area contributed by atoms with E-state index in [4.69, 9.17) is 28.2 Å². The lowest BCUT2D eigenvalue weighted by Crippen LogP contribution is -2.35. The van der Waals surface area contributed by atoms with E-state index in [9.17, 15) is 0 Å². The van der Waals surface area contributed by atoms with E-state index in [-0.39, 0.29) is 0 Å². The van der Waals surface area contributed by atoms with Crippen LogP contribution in [0.5, 0.6) is 0 Å². The Labute approximate surface area is 204 Å². The molecule has 0 amide bonds. The van der Waals surface area contributed by atoms with E-state index in [1.807, 2.05) is 18.2 Å². The molecule has 0 saturated carbocycles. The molecule has 1 aliphatic rings. The highest BCUT2D eigenvalue weighted by Crippen LogP contribution is 2.30. The molecule has 0 spiro atoms. The second kappa shape index (κ2) is 10.4. The van der Waals surface area contributed by atoms with Crippen molar-refractivity contribution in [2.45, 2.75) is 11.3 Å². The summed E-state index contributed by atoms with van der Waals surface area (Å²) in [7, 11) is 0. The monoisotopic (exact) mass is 478 g/mol. The van der Waals surface area contributed by atoms with Gasteiger partial charge in [0.15, 0.2) is 0 Å². The van der Waals surface area contributed by atoms with E-state index in [1.165, 1.54) is 21.6 Å². The van der Waals surface area contributed by atoms with Crippen LogP contribution in [-0.2, 0) is 6.42 Å². The van der Waals surface area contributed by atoms with Gasteiger partial charge in [-0.2, -0.15) is 0 Å². The first-order valence-electron chi connectivity index (χ1n) is 10.4. The van der Waals surface area contributed by atoms with Crippen LogP contribution < -0.4 is 0 Å². The molecule has 0 aliphatic carbocycles. The Morgan fingerprint density at radius 1 is 1.03 bits per heavy atom. The molecular formula is C27H24Cl2N2S. The van der Waals surface area contributed by atoms with Crippen molar-refractivity contribution in [3.05, 3.63) is 107 Å². The fourth-order valence-corrected chi connectivity index (χ4v) is 4.68. The minimum Gasteiger partial charge on any atom is -0.352 e. The molecule has 0 unspecified atom stereocenters. The van der Waals surface area contributed by atoms with Crippen molar-refractivity contribution in [1.82, 2.24) is 4.90 Å². The summed E-state index contributed by atoms with van der Waals surface area (Å²) < 4.78 is 0. The Balaban J connectivity index is 1.59. The molecule has 0 aromatic heterocycles. The van der Waals surface area contributed by atoms with Crippen LogP contribution >= 0.6 is 35.0 Å². The minimum absolute atomic E-state index is 0.612. The molecule has 0 atom stereocenters. The number of rotatable bonds is 7. The normalized spacial score (nSPS) is 13.5. The van der Waals surface area contributed by atoms with E-state index < -0.39 is 0 Å². The lowest BCUT2D eigenvalue weighted by Gasteiger charge is -2.28. The predicted octanol–water partition coefficient (Wildman–Crippen LogP) is 7.87. The molecule has 0 radical (unpaired) electrons. The molecule has 3 aromatic carbocycles. The summed E-state index contributed by atoms with van der Waals surface area (Å²) in [5.74, 6) is 1.01. The molecular weight excluding hydrogens is 455 g/mol. The van der Waals surface area contributed by atoms with Crippen molar-refractivity contribution in [3.8, 4) is 11.1 Å². The van der Waals surface area contributed by atoms with Gasteiger partial charge in [0.25, 0.3) is 0 Å². The van der Waals surface area contributed by atoms with Crippen LogP contribution in [0.25, 0.3) is 16.8 Å². The molecule has 162 valence electrons. The maximum atomic E-state index is 6.44. The zero-order chi connectivity index (χ0) is 22.5. The summed E-state index contributed by atoms with van der Waals surface area (Å²) in [5.41, 5.74) is 5.44. The number of amidine groups is 1. The van der Waals surface area contributed by atoms with Gasteiger partial charge in [-0.1, -0.05) is 65.7 Å². The van der Waals surface area contributed by atoms with Crippen molar-refractivity contribution in [2.75, 3.05) is 19.3 Å². The number of nitrogens with zero attached hydrogens (tertiary/aromatic N) is 2. The highest BCUT2D eigenvalue weighted by Gasteiger charge is 2.18. The summed E-state index contributed by atoms with van der Waals surface area (Å²) in [5, 5.41) is 1.23. The van der Waals surface area contributed by atoms with Gasteiger partial charge < -0.3 is 4.90 Å². The Kier molecular flexibility index (Phi) is 7.41. The summed E-state index contributed by atoms with van der Waals surface area (Å²) in [6, 6.07) is 22.9. The van der Waals surface area contributed by atoms with Gasteiger partial charge in [0.05, 0.1) is 10.7 Å². The Morgan fingerprint density at radius 3 is 2.56 bits per heavy atom. The van der Waals surface area contributed by atoms with Gasteiger partial charge in [-0.25, -0.2) is 4.99 Å². The van der Waals surface area contributed by atoms with E-state index in [2.05, 4.69) is 72.3 Å². The Bertz CT molecular complexity index is 1180. The van der Waals surface area contributed by atoms with E-state index in [0.29, 0.717) is 10.0 Å².